The first-order valence-electron chi connectivity index (χ1n) is 3.62. The molecule has 1 saturated carbocycles. The van der Waals surface area contributed by atoms with E-state index in [1.54, 1.807) is 0 Å². The molecule has 0 saturated heterocycles. The van der Waals surface area contributed by atoms with E-state index in [0.717, 1.165) is 9.72 Å². The molecule has 0 amide bonds. The van der Waals surface area contributed by atoms with E-state index in [4.69, 9.17) is 0 Å². The smallest absolute Gasteiger partial charge is 0.0411 e. The molecule has 0 bridgehead atoms. The average molecular weight is 230 g/mol. The molecule has 1 aromatic heterocycles. The molecular formula is C8H8BrNS. The first-order chi connectivity index (χ1) is 5.34. The van der Waals surface area contributed by atoms with Crippen LogP contribution in [0.15, 0.2) is 27.8 Å². The van der Waals surface area contributed by atoms with Gasteiger partial charge < -0.3 is 0 Å². The fraction of sp³-hybridized carbons (Fsp3) is 0.375. The van der Waals surface area contributed by atoms with Crippen molar-refractivity contribution in [2.75, 3.05) is 0 Å². The number of pyridine rings is 1. The summed E-state index contributed by atoms with van der Waals surface area (Å²) < 4.78 is 1.07. The molecule has 0 N–H and O–H groups in total. The number of hydrogen-bond acceptors (Lipinski definition) is 2. The van der Waals surface area contributed by atoms with E-state index in [1.165, 1.54) is 17.7 Å². The van der Waals surface area contributed by atoms with Crippen LogP contribution in [0.5, 0.6) is 0 Å². The first kappa shape index (κ1) is 7.62. The first-order valence-corrected chi connectivity index (χ1v) is 5.29. The lowest BCUT2D eigenvalue weighted by atomic mass is 10.5. The minimum absolute atomic E-state index is 0.867. The molecule has 1 heterocycles. The van der Waals surface area contributed by atoms with Crippen molar-refractivity contribution in [3.8, 4) is 0 Å². The van der Waals surface area contributed by atoms with Gasteiger partial charge in [-0.1, -0.05) is 0 Å². The van der Waals surface area contributed by atoms with Gasteiger partial charge in [0.1, 0.15) is 0 Å². The predicted molar refractivity (Wildman–Crippen MR) is 50.8 cm³/mol. The zero-order valence-electron chi connectivity index (χ0n) is 5.96. The highest BCUT2D eigenvalue weighted by atomic mass is 79.9. The molecule has 58 valence electrons. The zero-order valence-corrected chi connectivity index (χ0v) is 8.36. The fourth-order valence-electron chi connectivity index (χ4n) is 0.835. The van der Waals surface area contributed by atoms with Crippen molar-refractivity contribution in [3.63, 3.8) is 0 Å². The number of hydrogen-bond donors (Lipinski definition) is 0. The fourth-order valence-corrected chi connectivity index (χ4v) is 2.42. The Bertz CT molecular complexity index is 260. The van der Waals surface area contributed by atoms with Crippen molar-refractivity contribution in [1.82, 2.24) is 4.98 Å². The summed E-state index contributed by atoms with van der Waals surface area (Å²) in [6, 6.07) is 2.12. The van der Waals surface area contributed by atoms with Crippen molar-refractivity contribution in [2.45, 2.75) is 23.0 Å². The molecule has 0 unspecified atom stereocenters. The molecule has 3 heteroatoms. The summed E-state index contributed by atoms with van der Waals surface area (Å²) in [7, 11) is 0. The number of thioether (sulfide) groups is 1. The van der Waals surface area contributed by atoms with E-state index in [-0.39, 0.29) is 0 Å². The van der Waals surface area contributed by atoms with Crippen molar-refractivity contribution < 1.29 is 0 Å². The van der Waals surface area contributed by atoms with Gasteiger partial charge in [-0.25, -0.2) is 0 Å². The normalized spacial score (nSPS) is 16.8. The van der Waals surface area contributed by atoms with Crippen LogP contribution in [0.3, 0.4) is 0 Å². The minimum atomic E-state index is 0.867. The van der Waals surface area contributed by atoms with Crippen molar-refractivity contribution in [2.24, 2.45) is 0 Å². The molecular weight excluding hydrogens is 222 g/mol. The van der Waals surface area contributed by atoms with Crippen LogP contribution in [0.25, 0.3) is 0 Å². The lowest BCUT2D eigenvalue weighted by Gasteiger charge is -1.97. The van der Waals surface area contributed by atoms with Crippen LogP contribution in [0.1, 0.15) is 12.8 Å². The van der Waals surface area contributed by atoms with Gasteiger partial charge in [-0.2, -0.15) is 0 Å². The Morgan fingerprint density at radius 2 is 2.27 bits per heavy atom. The van der Waals surface area contributed by atoms with E-state index in [2.05, 4.69) is 27.0 Å². The van der Waals surface area contributed by atoms with Gasteiger partial charge in [0, 0.05) is 27.0 Å². The summed E-state index contributed by atoms with van der Waals surface area (Å²) in [5, 5.41) is 0.867. The van der Waals surface area contributed by atoms with Gasteiger partial charge in [-0.3, -0.25) is 4.98 Å². The highest BCUT2D eigenvalue weighted by Crippen LogP contribution is 2.39. The third kappa shape index (κ3) is 2.20. The quantitative estimate of drug-likeness (QED) is 0.774. The van der Waals surface area contributed by atoms with Crippen LogP contribution in [-0.2, 0) is 0 Å². The second-order valence-corrected chi connectivity index (χ2v) is 4.95. The van der Waals surface area contributed by atoms with Crippen LogP contribution < -0.4 is 0 Å². The van der Waals surface area contributed by atoms with Gasteiger partial charge >= 0.3 is 0 Å². The zero-order chi connectivity index (χ0) is 7.68. The third-order valence-corrected chi connectivity index (χ3v) is 3.24. The molecule has 2 rings (SSSR count). The molecule has 0 spiro atoms. The molecule has 1 nitrogen and oxygen atoms in total. The maximum Gasteiger partial charge on any atom is 0.0411 e. The van der Waals surface area contributed by atoms with E-state index >= 15 is 0 Å². The summed E-state index contributed by atoms with van der Waals surface area (Å²) in [5.74, 6) is 0. The molecule has 0 aliphatic heterocycles. The maximum atomic E-state index is 4.10. The maximum absolute atomic E-state index is 4.10. The summed E-state index contributed by atoms with van der Waals surface area (Å²) >= 11 is 5.33. The van der Waals surface area contributed by atoms with Crippen LogP contribution >= 0.6 is 27.7 Å². The van der Waals surface area contributed by atoms with Gasteiger partial charge in [-0.15, -0.1) is 11.8 Å². The molecule has 1 fully saturated rings. The summed E-state index contributed by atoms with van der Waals surface area (Å²) in [6.45, 7) is 0. The van der Waals surface area contributed by atoms with E-state index in [1.807, 2.05) is 24.2 Å². The van der Waals surface area contributed by atoms with Gasteiger partial charge in [0.25, 0.3) is 0 Å². The molecule has 11 heavy (non-hydrogen) atoms. The third-order valence-electron chi connectivity index (χ3n) is 1.51. The van der Waals surface area contributed by atoms with Gasteiger partial charge in [0.2, 0.25) is 0 Å². The van der Waals surface area contributed by atoms with Crippen LogP contribution in [-0.4, -0.2) is 10.2 Å². The Morgan fingerprint density at radius 3 is 2.91 bits per heavy atom. The number of nitrogens with zero attached hydrogens (tertiary/aromatic N) is 1. The molecule has 0 radical (unpaired) electrons. The summed E-state index contributed by atoms with van der Waals surface area (Å²) in [6.07, 6.45) is 6.49. The lowest BCUT2D eigenvalue weighted by Crippen LogP contribution is -1.77. The Morgan fingerprint density at radius 1 is 1.45 bits per heavy atom. The lowest BCUT2D eigenvalue weighted by molar-refractivity contribution is 1.22. The molecule has 0 atom stereocenters. The van der Waals surface area contributed by atoms with E-state index in [0.29, 0.717) is 0 Å². The van der Waals surface area contributed by atoms with Gasteiger partial charge in [0.05, 0.1) is 0 Å². The topological polar surface area (TPSA) is 12.9 Å². The standard InChI is InChI=1S/C8H8BrNS/c9-6-3-8(5-10-4-6)11-7-1-2-7/h3-5,7H,1-2H2. The summed E-state index contributed by atoms with van der Waals surface area (Å²) in [4.78, 5) is 5.38. The van der Waals surface area contributed by atoms with Gasteiger partial charge in [0.15, 0.2) is 0 Å². The number of halogens is 1. The number of rotatable bonds is 2. The average Bonchev–Trinajstić information content (AvgIpc) is 2.71. The monoisotopic (exact) mass is 229 g/mol. The van der Waals surface area contributed by atoms with E-state index < -0.39 is 0 Å². The number of aromatic nitrogens is 1. The minimum Gasteiger partial charge on any atom is -0.262 e. The molecule has 0 aromatic carbocycles. The van der Waals surface area contributed by atoms with Crippen molar-refractivity contribution >= 4 is 27.7 Å². The predicted octanol–water partition coefficient (Wildman–Crippen LogP) is 3.10. The Labute approximate surface area is 78.7 Å². The molecule has 1 aromatic rings. The molecule has 1 aliphatic carbocycles. The Hall–Kier alpha value is -0.0200. The largest absolute Gasteiger partial charge is 0.262 e. The Balaban J connectivity index is 2.10. The Kier molecular flexibility index (Phi) is 2.18. The second kappa shape index (κ2) is 3.15. The molecule has 1 aliphatic rings. The highest BCUT2D eigenvalue weighted by molar-refractivity contribution is 9.10. The van der Waals surface area contributed by atoms with Crippen molar-refractivity contribution in [1.29, 1.82) is 0 Å². The van der Waals surface area contributed by atoms with E-state index in [9.17, 15) is 0 Å². The van der Waals surface area contributed by atoms with Crippen LogP contribution in [0.2, 0.25) is 0 Å². The summed E-state index contributed by atoms with van der Waals surface area (Å²) in [5.41, 5.74) is 0. The van der Waals surface area contributed by atoms with Crippen molar-refractivity contribution in [3.05, 3.63) is 22.9 Å². The SMILES string of the molecule is Brc1cncc(SC2CC2)c1. The second-order valence-electron chi connectivity index (χ2n) is 2.66. The van der Waals surface area contributed by atoms with Crippen LogP contribution in [0.4, 0.5) is 0 Å². The van der Waals surface area contributed by atoms with Crippen LogP contribution in [0, 0.1) is 0 Å². The highest BCUT2D eigenvalue weighted by Gasteiger charge is 2.22. The van der Waals surface area contributed by atoms with Gasteiger partial charge in [-0.05, 0) is 34.8 Å².